The third-order valence-electron chi connectivity index (χ3n) is 3.29. The fourth-order valence-corrected chi connectivity index (χ4v) is 2.14. The minimum absolute atomic E-state index is 0.0524. The molecule has 0 aromatic heterocycles. The summed E-state index contributed by atoms with van der Waals surface area (Å²) in [5.41, 5.74) is 3.27. The highest BCUT2D eigenvalue weighted by Gasteiger charge is 2.03. The van der Waals surface area contributed by atoms with Gasteiger partial charge in [0.2, 0.25) is 5.91 Å². The second-order valence-corrected chi connectivity index (χ2v) is 5.46. The molecular formula is C17H26N2O2. The average molecular weight is 290 g/mol. The molecule has 0 heterocycles. The highest BCUT2D eigenvalue weighted by Crippen LogP contribution is 2.22. The van der Waals surface area contributed by atoms with Crippen LogP contribution in [0, 0.1) is 13.8 Å². The van der Waals surface area contributed by atoms with Crippen LogP contribution in [0.15, 0.2) is 18.2 Å². The van der Waals surface area contributed by atoms with Gasteiger partial charge in [-0.1, -0.05) is 0 Å². The van der Waals surface area contributed by atoms with Gasteiger partial charge >= 0.3 is 0 Å². The third-order valence-corrected chi connectivity index (χ3v) is 3.29. The Morgan fingerprint density at radius 3 is 2.43 bits per heavy atom. The molecule has 1 rings (SSSR count). The van der Waals surface area contributed by atoms with Gasteiger partial charge in [-0.05, 0) is 75.8 Å². The molecule has 21 heavy (non-hydrogen) atoms. The quantitative estimate of drug-likeness (QED) is 0.619. The van der Waals surface area contributed by atoms with E-state index in [-0.39, 0.29) is 5.91 Å². The van der Waals surface area contributed by atoms with Crippen LogP contribution in [-0.2, 0) is 4.79 Å². The van der Waals surface area contributed by atoms with Gasteiger partial charge in [-0.25, -0.2) is 0 Å². The molecule has 0 aliphatic carbocycles. The minimum atomic E-state index is -0.0524. The van der Waals surface area contributed by atoms with E-state index in [0.29, 0.717) is 6.54 Å². The minimum Gasteiger partial charge on any atom is -0.497 e. The second kappa shape index (κ2) is 8.47. The van der Waals surface area contributed by atoms with E-state index in [9.17, 15) is 4.79 Å². The number of benzene rings is 1. The number of hydrogen-bond donors (Lipinski definition) is 1. The van der Waals surface area contributed by atoms with E-state index in [1.807, 2.05) is 46.2 Å². The molecule has 0 saturated heterocycles. The first-order chi connectivity index (χ1) is 9.93. The SMILES string of the molecule is COc1cc(C)c(/C=C/C(=O)NCCCN(C)C)c(C)c1. The fraction of sp³-hybridized carbons (Fsp3) is 0.471. The molecule has 0 atom stereocenters. The maximum atomic E-state index is 11.8. The lowest BCUT2D eigenvalue weighted by molar-refractivity contribution is -0.116. The van der Waals surface area contributed by atoms with Crippen LogP contribution >= 0.6 is 0 Å². The molecule has 0 fully saturated rings. The first kappa shape index (κ1) is 17.2. The average Bonchev–Trinajstić information content (AvgIpc) is 2.42. The molecule has 4 nitrogen and oxygen atoms in total. The van der Waals surface area contributed by atoms with Crippen molar-refractivity contribution < 1.29 is 9.53 Å². The van der Waals surface area contributed by atoms with Crippen LogP contribution in [-0.4, -0.2) is 45.1 Å². The van der Waals surface area contributed by atoms with E-state index in [1.165, 1.54) is 0 Å². The van der Waals surface area contributed by atoms with E-state index < -0.39 is 0 Å². The van der Waals surface area contributed by atoms with Gasteiger partial charge in [0.05, 0.1) is 7.11 Å². The molecule has 0 radical (unpaired) electrons. The molecule has 4 heteroatoms. The molecule has 0 saturated carbocycles. The smallest absolute Gasteiger partial charge is 0.244 e. The Kier molecular flexibility index (Phi) is 6.96. The van der Waals surface area contributed by atoms with Gasteiger partial charge in [0, 0.05) is 12.6 Å². The van der Waals surface area contributed by atoms with Gasteiger partial charge in [0.15, 0.2) is 0 Å². The molecule has 0 aliphatic heterocycles. The first-order valence-corrected chi connectivity index (χ1v) is 7.20. The molecule has 116 valence electrons. The number of nitrogens with zero attached hydrogens (tertiary/aromatic N) is 1. The zero-order chi connectivity index (χ0) is 15.8. The Balaban J connectivity index is 2.58. The maximum absolute atomic E-state index is 11.8. The summed E-state index contributed by atoms with van der Waals surface area (Å²) in [5.74, 6) is 0.790. The van der Waals surface area contributed by atoms with Gasteiger partial charge in [-0.2, -0.15) is 0 Å². The van der Waals surface area contributed by atoms with Crippen molar-refractivity contribution in [2.75, 3.05) is 34.3 Å². The van der Waals surface area contributed by atoms with Gasteiger partial charge in [-0.3, -0.25) is 4.79 Å². The van der Waals surface area contributed by atoms with Crippen LogP contribution in [0.3, 0.4) is 0 Å². The molecular weight excluding hydrogens is 264 g/mol. The summed E-state index contributed by atoms with van der Waals surface area (Å²) < 4.78 is 5.23. The summed E-state index contributed by atoms with van der Waals surface area (Å²) in [6.45, 7) is 5.71. The Morgan fingerprint density at radius 2 is 1.90 bits per heavy atom. The predicted molar refractivity (Wildman–Crippen MR) is 87.7 cm³/mol. The van der Waals surface area contributed by atoms with Crippen molar-refractivity contribution >= 4 is 12.0 Å². The monoisotopic (exact) mass is 290 g/mol. The van der Waals surface area contributed by atoms with Crippen LogP contribution in [0.5, 0.6) is 5.75 Å². The standard InChI is InChI=1S/C17H26N2O2/c1-13-11-15(21-5)12-14(2)16(13)7-8-17(20)18-9-6-10-19(3)4/h7-8,11-12H,6,9-10H2,1-5H3,(H,18,20)/b8-7+. The summed E-state index contributed by atoms with van der Waals surface area (Å²) in [6.07, 6.45) is 4.41. The van der Waals surface area contributed by atoms with Crippen molar-refractivity contribution in [3.8, 4) is 5.75 Å². The van der Waals surface area contributed by atoms with Gasteiger partial charge in [-0.15, -0.1) is 0 Å². The molecule has 1 amide bonds. The Morgan fingerprint density at radius 1 is 1.29 bits per heavy atom. The molecule has 0 aliphatic rings. The highest BCUT2D eigenvalue weighted by atomic mass is 16.5. The number of ether oxygens (including phenoxy) is 1. The van der Waals surface area contributed by atoms with Crippen molar-refractivity contribution in [2.45, 2.75) is 20.3 Å². The Labute approximate surface area is 127 Å². The van der Waals surface area contributed by atoms with Crippen LogP contribution in [0.25, 0.3) is 6.08 Å². The normalized spacial score (nSPS) is 11.1. The summed E-state index contributed by atoms with van der Waals surface area (Å²) in [5, 5.41) is 2.89. The van der Waals surface area contributed by atoms with Crippen molar-refractivity contribution in [1.82, 2.24) is 10.2 Å². The topological polar surface area (TPSA) is 41.6 Å². The number of rotatable bonds is 7. The van der Waals surface area contributed by atoms with E-state index in [4.69, 9.17) is 4.74 Å². The van der Waals surface area contributed by atoms with E-state index in [2.05, 4.69) is 10.2 Å². The highest BCUT2D eigenvalue weighted by molar-refractivity contribution is 5.92. The summed E-state index contributed by atoms with van der Waals surface area (Å²) in [4.78, 5) is 13.9. The van der Waals surface area contributed by atoms with Crippen LogP contribution in [0.1, 0.15) is 23.1 Å². The summed E-state index contributed by atoms with van der Waals surface area (Å²) >= 11 is 0. The van der Waals surface area contributed by atoms with E-state index >= 15 is 0 Å². The summed E-state index contributed by atoms with van der Waals surface area (Å²) in [7, 11) is 5.71. The van der Waals surface area contributed by atoms with Crippen molar-refractivity contribution in [3.63, 3.8) is 0 Å². The number of aryl methyl sites for hydroxylation is 2. The fourth-order valence-electron chi connectivity index (χ4n) is 2.14. The number of amides is 1. The predicted octanol–water partition coefficient (Wildman–Crippen LogP) is 2.39. The number of carbonyl (C=O) groups excluding carboxylic acids is 1. The molecule has 0 spiro atoms. The zero-order valence-corrected chi connectivity index (χ0v) is 13.7. The van der Waals surface area contributed by atoms with Gasteiger partial charge in [0.25, 0.3) is 0 Å². The van der Waals surface area contributed by atoms with Crippen molar-refractivity contribution in [3.05, 3.63) is 34.9 Å². The lowest BCUT2D eigenvalue weighted by Gasteiger charge is -2.10. The summed E-state index contributed by atoms with van der Waals surface area (Å²) in [6, 6.07) is 3.95. The molecule has 1 aromatic rings. The van der Waals surface area contributed by atoms with Crippen LogP contribution in [0.2, 0.25) is 0 Å². The Hall–Kier alpha value is -1.81. The zero-order valence-electron chi connectivity index (χ0n) is 13.7. The van der Waals surface area contributed by atoms with Gasteiger partial charge < -0.3 is 15.0 Å². The van der Waals surface area contributed by atoms with Gasteiger partial charge in [0.1, 0.15) is 5.75 Å². The van der Waals surface area contributed by atoms with Crippen molar-refractivity contribution in [1.29, 1.82) is 0 Å². The van der Waals surface area contributed by atoms with Crippen LogP contribution in [0.4, 0.5) is 0 Å². The van der Waals surface area contributed by atoms with E-state index in [1.54, 1.807) is 13.2 Å². The molecule has 0 bridgehead atoms. The largest absolute Gasteiger partial charge is 0.497 e. The third kappa shape index (κ3) is 6.00. The number of methoxy groups -OCH3 is 1. The number of nitrogens with one attached hydrogen (secondary N) is 1. The van der Waals surface area contributed by atoms with Crippen LogP contribution < -0.4 is 10.1 Å². The number of hydrogen-bond acceptors (Lipinski definition) is 3. The van der Waals surface area contributed by atoms with Crippen molar-refractivity contribution in [2.24, 2.45) is 0 Å². The molecule has 1 N–H and O–H groups in total. The van der Waals surface area contributed by atoms with E-state index in [0.717, 1.165) is 35.4 Å². The Bertz CT molecular complexity index is 485. The lowest BCUT2D eigenvalue weighted by Crippen LogP contribution is -2.25. The number of carbonyl (C=O) groups is 1. The lowest BCUT2D eigenvalue weighted by atomic mass is 10.0. The maximum Gasteiger partial charge on any atom is 0.244 e. The first-order valence-electron chi connectivity index (χ1n) is 7.20. The molecule has 1 aromatic carbocycles. The molecule has 0 unspecified atom stereocenters. The second-order valence-electron chi connectivity index (χ2n) is 5.46.